The highest BCUT2D eigenvalue weighted by Crippen LogP contribution is 2.53. The molecule has 1 amide bonds. The van der Waals surface area contributed by atoms with E-state index in [0.29, 0.717) is 11.8 Å². The van der Waals surface area contributed by atoms with Crippen LogP contribution in [0.2, 0.25) is 0 Å². The summed E-state index contributed by atoms with van der Waals surface area (Å²) in [6.45, 7) is 2.30. The minimum Gasteiger partial charge on any atom is -0.300 e. The van der Waals surface area contributed by atoms with Gasteiger partial charge in [0, 0.05) is 11.3 Å². The predicted octanol–water partition coefficient (Wildman–Crippen LogP) is 5.36. The molecule has 0 unspecified atom stereocenters. The van der Waals surface area contributed by atoms with Crippen LogP contribution in [0.25, 0.3) is 0 Å². The number of para-hydroxylation sites is 1. The molecule has 0 aliphatic carbocycles. The molecular formula is C24H21NO. The van der Waals surface area contributed by atoms with E-state index < -0.39 is 0 Å². The Bertz CT molecular complexity index is 978. The molecule has 3 aromatic carbocycles. The molecule has 2 heterocycles. The van der Waals surface area contributed by atoms with Crippen LogP contribution in [-0.4, -0.2) is 5.91 Å². The normalized spacial score (nSPS) is 23.3. The zero-order valence-electron chi connectivity index (χ0n) is 14.8. The molecule has 0 aromatic heterocycles. The first kappa shape index (κ1) is 15.4. The van der Waals surface area contributed by atoms with E-state index in [1.807, 2.05) is 23.1 Å². The van der Waals surface area contributed by atoms with Gasteiger partial charge in [0.15, 0.2) is 0 Å². The van der Waals surface area contributed by atoms with Crippen LogP contribution in [0.5, 0.6) is 0 Å². The number of benzene rings is 3. The van der Waals surface area contributed by atoms with Crippen molar-refractivity contribution in [2.24, 2.45) is 5.92 Å². The van der Waals surface area contributed by atoms with E-state index >= 15 is 0 Å². The van der Waals surface area contributed by atoms with Gasteiger partial charge in [-0.3, -0.25) is 4.79 Å². The lowest BCUT2D eigenvalue weighted by molar-refractivity contribution is 0.0980. The Morgan fingerprint density at radius 3 is 2.27 bits per heavy atom. The molecule has 2 aliphatic heterocycles. The van der Waals surface area contributed by atoms with Gasteiger partial charge in [-0.15, -0.1) is 0 Å². The van der Waals surface area contributed by atoms with Crippen molar-refractivity contribution in [3.63, 3.8) is 0 Å². The zero-order chi connectivity index (χ0) is 17.7. The van der Waals surface area contributed by atoms with E-state index in [1.54, 1.807) is 0 Å². The second kappa shape index (κ2) is 5.84. The van der Waals surface area contributed by atoms with Crippen molar-refractivity contribution in [1.29, 1.82) is 0 Å². The fourth-order valence-electron chi connectivity index (χ4n) is 4.81. The fourth-order valence-corrected chi connectivity index (χ4v) is 4.81. The summed E-state index contributed by atoms with van der Waals surface area (Å²) in [4.78, 5) is 15.2. The van der Waals surface area contributed by atoms with Crippen LogP contribution in [-0.2, 0) is 6.42 Å². The molecule has 0 N–H and O–H groups in total. The molecular weight excluding hydrogens is 318 g/mol. The third-order valence-electron chi connectivity index (χ3n) is 6.03. The molecule has 0 spiro atoms. The fraction of sp³-hybridized carbons (Fsp3) is 0.208. The molecule has 0 radical (unpaired) electrons. The highest BCUT2D eigenvalue weighted by molar-refractivity contribution is 6.11. The van der Waals surface area contributed by atoms with Crippen LogP contribution in [0.4, 0.5) is 5.69 Å². The maximum absolute atomic E-state index is 13.1. The molecule has 2 nitrogen and oxygen atoms in total. The van der Waals surface area contributed by atoms with Crippen LogP contribution in [0.1, 0.15) is 45.9 Å². The van der Waals surface area contributed by atoms with Crippen molar-refractivity contribution in [3.8, 4) is 0 Å². The summed E-state index contributed by atoms with van der Waals surface area (Å²) >= 11 is 0. The van der Waals surface area contributed by atoms with Crippen molar-refractivity contribution >= 4 is 11.6 Å². The standard InChI is InChI=1S/C24H21NO/c1-16-21(15-17-9-3-2-4-10-17)18-11-7-8-14-22(18)25-23(16)19-12-5-6-13-20(19)24(25)26/h2-14,16,21,23H,15H2,1H3/t16-,21+,23+/m1/s1. The number of nitrogens with zero attached hydrogens (tertiary/aromatic N) is 1. The SMILES string of the molecule is C[C@@H]1[C@H](Cc2ccccc2)c2ccccc2N2C(=O)c3ccccc3[C@H]12. The van der Waals surface area contributed by atoms with Crippen molar-refractivity contribution in [2.45, 2.75) is 25.3 Å². The molecule has 3 atom stereocenters. The van der Waals surface area contributed by atoms with Gasteiger partial charge in [0.1, 0.15) is 0 Å². The summed E-state index contributed by atoms with van der Waals surface area (Å²) in [7, 11) is 0. The van der Waals surface area contributed by atoms with E-state index in [0.717, 1.165) is 17.7 Å². The third-order valence-corrected chi connectivity index (χ3v) is 6.03. The molecule has 128 valence electrons. The van der Waals surface area contributed by atoms with Crippen LogP contribution in [0.3, 0.4) is 0 Å². The monoisotopic (exact) mass is 339 g/mol. The lowest BCUT2D eigenvalue weighted by Gasteiger charge is -2.42. The highest BCUT2D eigenvalue weighted by Gasteiger charge is 2.47. The summed E-state index contributed by atoms with van der Waals surface area (Å²) < 4.78 is 0. The van der Waals surface area contributed by atoms with Gasteiger partial charge in [-0.1, -0.05) is 73.7 Å². The lowest BCUT2D eigenvalue weighted by atomic mass is 9.73. The Labute approximate surface area is 154 Å². The van der Waals surface area contributed by atoms with Crippen molar-refractivity contribution < 1.29 is 4.79 Å². The Balaban J connectivity index is 1.66. The molecule has 2 heteroatoms. The van der Waals surface area contributed by atoms with E-state index in [-0.39, 0.29) is 11.9 Å². The van der Waals surface area contributed by atoms with Gasteiger partial charge in [0.25, 0.3) is 5.91 Å². The first-order valence-corrected chi connectivity index (χ1v) is 9.31. The number of carbonyl (C=O) groups excluding carboxylic acids is 1. The maximum Gasteiger partial charge on any atom is 0.259 e. The number of amides is 1. The Morgan fingerprint density at radius 1 is 0.808 bits per heavy atom. The number of carbonyl (C=O) groups is 1. The molecule has 3 aromatic rings. The summed E-state index contributed by atoms with van der Waals surface area (Å²) in [5.74, 6) is 0.898. The minimum atomic E-state index is 0.127. The predicted molar refractivity (Wildman–Crippen MR) is 104 cm³/mol. The van der Waals surface area contributed by atoms with Gasteiger partial charge in [-0.05, 0) is 47.1 Å². The quantitative estimate of drug-likeness (QED) is 0.615. The van der Waals surface area contributed by atoms with Gasteiger partial charge >= 0.3 is 0 Å². The molecule has 26 heavy (non-hydrogen) atoms. The van der Waals surface area contributed by atoms with Crippen LogP contribution >= 0.6 is 0 Å². The van der Waals surface area contributed by atoms with Crippen molar-refractivity contribution in [3.05, 3.63) is 101 Å². The van der Waals surface area contributed by atoms with Gasteiger partial charge in [0.05, 0.1) is 6.04 Å². The average Bonchev–Trinajstić information content (AvgIpc) is 2.99. The highest BCUT2D eigenvalue weighted by atomic mass is 16.2. The Kier molecular flexibility index (Phi) is 3.46. The molecule has 0 bridgehead atoms. The summed E-state index contributed by atoms with van der Waals surface area (Å²) in [5.41, 5.74) is 5.77. The summed E-state index contributed by atoms with van der Waals surface area (Å²) in [6, 6.07) is 27.4. The lowest BCUT2D eigenvalue weighted by Crippen LogP contribution is -2.39. The van der Waals surface area contributed by atoms with Crippen LogP contribution in [0.15, 0.2) is 78.9 Å². The first-order chi connectivity index (χ1) is 12.8. The molecule has 2 aliphatic rings. The van der Waals surface area contributed by atoms with Gasteiger partial charge in [-0.25, -0.2) is 0 Å². The molecule has 0 fully saturated rings. The molecule has 0 saturated heterocycles. The average molecular weight is 339 g/mol. The number of hydrogen-bond donors (Lipinski definition) is 0. The van der Waals surface area contributed by atoms with Crippen LogP contribution < -0.4 is 4.90 Å². The Hall–Kier alpha value is -2.87. The number of anilines is 1. The minimum absolute atomic E-state index is 0.127. The summed E-state index contributed by atoms with van der Waals surface area (Å²) in [5, 5.41) is 0. The molecule has 5 rings (SSSR count). The van der Waals surface area contributed by atoms with Crippen molar-refractivity contribution in [1.82, 2.24) is 0 Å². The van der Waals surface area contributed by atoms with E-state index in [4.69, 9.17) is 0 Å². The van der Waals surface area contributed by atoms with Gasteiger partial charge in [0.2, 0.25) is 0 Å². The number of fused-ring (bicyclic) bond motifs is 5. The van der Waals surface area contributed by atoms with E-state index in [2.05, 4.69) is 67.6 Å². The molecule has 0 saturated carbocycles. The topological polar surface area (TPSA) is 20.3 Å². The van der Waals surface area contributed by atoms with Crippen LogP contribution in [0, 0.1) is 5.92 Å². The second-order valence-electron chi connectivity index (χ2n) is 7.42. The zero-order valence-corrected chi connectivity index (χ0v) is 14.8. The Morgan fingerprint density at radius 2 is 1.46 bits per heavy atom. The van der Waals surface area contributed by atoms with Gasteiger partial charge < -0.3 is 4.90 Å². The second-order valence-corrected chi connectivity index (χ2v) is 7.42. The number of hydrogen-bond acceptors (Lipinski definition) is 1. The van der Waals surface area contributed by atoms with Gasteiger partial charge in [-0.2, -0.15) is 0 Å². The first-order valence-electron chi connectivity index (χ1n) is 9.31. The van der Waals surface area contributed by atoms with Crippen molar-refractivity contribution in [2.75, 3.05) is 4.90 Å². The summed E-state index contributed by atoms with van der Waals surface area (Å²) in [6.07, 6.45) is 1.000. The van der Waals surface area contributed by atoms with E-state index in [9.17, 15) is 4.79 Å². The largest absolute Gasteiger partial charge is 0.300 e. The number of rotatable bonds is 2. The maximum atomic E-state index is 13.1. The smallest absolute Gasteiger partial charge is 0.259 e. The third kappa shape index (κ3) is 2.15. The van der Waals surface area contributed by atoms with E-state index in [1.165, 1.54) is 16.7 Å².